The second-order valence-corrected chi connectivity index (χ2v) is 6.14. The van der Waals surface area contributed by atoms with Gasteiger partial charge in [-0.1, -0.05) is 18.2 Å². The van der Waals surface area contributed by atoms with Gasteiger partial charge in [0.05, 0.1) is 32.0 Å². The first-order chi connectivity index (χ1) is 10.7. The molecule has 120 valence electrons. The van der Waals surface area contributed by atoms with E-state index in [0.717, 1.165) is 43.5 Å². The Balaban J connectivity index is 1.84. The maximum atomic E-state index is 11.9. The number of hydrogen-bond donors (Lipinski definition) is 0. The van der Waals surface area contributed by atoms with Crippen molar-refractivity contribution in [3.8, 4) is 0 Å². The Morgan fingerprint density at radius 1 is 1.45 bits per heavy atom. The fraction of sp³-hybridized carbons (Fsp3) is 0.500. The summed E-state index contributed by atoms with van der Waals surface area (Å²) in [5.41, 5.74) is 0.948. The molecule has 0 aromatic carbocycles. The molecule has 22 heavy (non-hydrogen) atoms. The number of ether oxygens (including phenoxy) is 1. The molecule has 0 spiro atoms. The molecule has 2 rings (SSSR count). The molecular weight excluding hydrogens is 298 g/mol. The van der Waals surface area contributed by atoms with E-state index in [1.807, 2.05) is 24.5 Å². The highest BCUT2D eigenvalue weighted by molar-refractivity contribution is 7.09. The van der Waals surface area contributed by atoms with Gasteiger partial charge in [0.1, 0.15) is 5.01 Å². The number of hydrogen-bond acceptors (Lipinski definition) is 5. The summed E-state index contributed by atoms with van der Waals surface area (Å²) < 4.78 is 5.35. The summed E-state index contributed by atoms with van der Waals surface area (Å²) in [4.78, 5) is 20.6. The smallest absolute Gasteiger partial charge is 0.246 e. The average molecular weight is 321 g/mol. The van der Waals surface area contributed by atoms with Gasteiger partial charge in [-0.15, -0.1) is 11.3 Å². The number of morpholine rings is 1. The Morgan fingerprint density at radius 3 is 2.95 bits per heavy atom. The number of allylic oxidation sites excluding steroid dienone is 3. The molecule has 0 saturated carbocycles. The van der Waals surface area contributed by atoms with Gasteiger partial charge in [-0.25, -0.2) is 4.98 Å². The number of nitrogens with zero attached hydrogens (tertiary/aromatic N) is 3. The van der Waals surface area contributed by atoms with E-state index in [4.69, 9.17) is 4.74 Å². The Morgan fingerprint density at radius 2 is 2.23 bits per heavy atom. The van der Waals surface area contributed by atoms with Gasteiger partial charge in [0.2, 0.25) is 5.91 Å². The minimum atomic E-state index is -0.0131. The van der Waals surface area contributed by atoms with Gasteiger partial charge in [0.15, 0.2) is 0 Å². The highest BCUT2D eigenvalue weighted by atomic mass is 32.1. The maximum Gasteiger partial charge on any atom is 0.246 e. The highest BCUT2D eigenvalue weighted by Gasteiger charge is 2.14. The molecule has 1 aliphatic heterocycles. The first kappa shape index (κ1) is 16.9. The van der Waals surface area contributed by atoms with Gasteiger partial charge in [0, 0.05) is 31.6 Å². The topological polar surface area (TPSA) is 45.7 Å². The Labute approximate surface area is 135 Å². The number of aromatic nitrogens is 1. The van der Waals surface area contributed by atoms with Gasteiger partial charge < -0.3 is 9.64 Å². The van der Waals surface area contributed by atoms with Gasteiger partial charge in [-0.2, -0.15) is 0 Å². The molecule has 0 N–H and O–H groups in total. The summed E-state index contributed by atoms with van der Waals surface area (Å²) in [6.07, 6.45) is 7.06. The van der Waals surface area contributed by atoms with Crippen LogP contribution in [0, 0.1) is 0 Å². The van der Waals surface area contributed by atoms with E-state index in [0.29, 0.717) is 6.54 Å². The van der Waals surface area contributed by atoms with Crippen molar-refractivity contribution in [2.75, 3.05) is 33.4 Å². The van der Waals surface area contributed by atoms with E-state index >= 15 is 0 Å². The standard InChI is InChI=1S/C16H23N3O2S/c1-3-4-5-6-16(20)18(2)11-14-13-22-15(17-14)12-19-7-9-21-10-8-19/h3-6,13H,7-12H2,1-2H3/b4-3+,6-5+. The summed E-state index contributed by atoms with van der Waals surface area (Å²) in [7, 11) is 1.79. The lowest BCUT2D eigenvalue weighted by Crippen LogP contribution is -2.35. The zero-order valence-electron chi connectivity index (χ0n) is 13.2. The van der Waals surface area contributed by atoms with E-state index in [9.17, 15) is 4.79 Å². The maximum absolute atomic E-state index is 11.9. The van der Waals surface area contributed by atoms with Crippen LogP contribution in [0.4, 0.5) is 0 Å². The number of rotatable bonds is 6. The van der Waals surface area contributed by atoms with Crippen LogP contribution >= 0.6 is 11.3 Å². The molecule has 1 aliphatic rings. The molecule has 0 radical (unpaired) electrons. The number of carbonyl (C=O) groups excluding carboxylic acids is 1. The van der Waals surface area contributed by atoms with Crippen molar-refractivity contribution in [2.24, 2.45) is 0 Å². The molecule has 1 amide bonds. The fourth-order valence-corrected chi connectivity index (χ4v) is 2.97. The Bertz CT molecular complexity index is 533. The molecular formula is C16H23N3O2S. The van der Waals surface area contributed by atoms with E-state index in [-0.39, 0.29) is 5.91 Å². The quantitative estimate of drug-likeness (QED) is 0.594. The van der Waals surface area contributed by atoms with E-state index in [1.54, 1.807) is 35.4 Å². The highest BCUT2D eigenvalue weighted by Crippen LogP contribution is 2.14. The van der Waals surface area contributed by atoms with E-state index in [1.165, 1.54) is 0 Å². The number of likely N-dealkylation sites (N-methyl/N-ethyl adjacent to an activating group) is 1. The Kier molecular flexibility index (Phi) is 6.76. The lowest BCUT2D eigenvalue weighted by atomic mass is 10.3. The first-order valence-electron chi connectivity index (χ1n) is 7.47. The largest absolute Gasteiger partial charge is 0.379 e. The SMILES string of the molecule is C/C=C/C=C/C(=O)N(C)Cc1csc(CN2CCOCC2)n1. The van der Waals surface area contributed by atoms with Gasteiger partial charge in [-0.05, 0) is 6.92 Å². The number of carbonyl (C=O) groups is 1. The van der Waals surface area contributed by atoms with Crippen LogP contribution in [0.15, 0.2) is 29.7 Å². The van der Waals surface area contributed by atoms with Crippen molar-refractivity contribution < 1.29 is 9.53 Å². The van der Waals surface area contributed by atoms with Crippen molar-refractivity contribution in [3.05, 3.63) is 40.4 Å². The number of thiazole rings is 1. The van der Waals surface area contributed by atoms with Crippen LogP contribution in [0.1, 0.15) is 17.6 Å². The molecule has 1 aromatic rings. The van der Waals surface area contributed by atoms with Crippen LogP contribution in [0.25, 0.3) is 0 Å². The first-order valence-corrected chi connectivity index (χ1v) is 8.35. The van der Waals surface area contributed by atoms with Gasteiger partial charge in [-0.3, -0.25) is 9.69 Å². The third-order valence-corrected chi connectivity index (χ3v) is 4.26. The van der Waals surface area contributed by atoms with Crippen molar-refractivity contribution in [2.45, 2.75) is 20.0 Å². The molecule has 2 heterocycles. The lowest BCUT2D eigenvalue weighted by Gasteiger charge is -2.25. The molecule has 5 nitrogen and oxygen atoms in total. The molecule has 0 unspecified atom stereocenters. The molecule has 1 aromatic heterocycles. The van der Waals surface area contributed by atoms with Crippen molar-refractivity contribution >= 4 is 17.2 Å². The second kappa shape index (κ2) is 8.82. The van der Waals surface area contributed by atoms with E-state index < -0.39 is 0 Å². The van der Waals surface area contributed by atoms with Crippen LogP contribution in [0.2, 0.25) is 0 Å². The van der Waals surface area contributed by atoms with Crippen LogP contribution in [-0.2, 0) is 22.6 Å². The molecule has 1 fully saturated rings. The number of amides is 1. The van der Waals surface area contributed by atoms with Crippen LogP contribution in [0.5, 0.6) is 0 Å². The van der Waals surface area contributed by atoms with E-state index in [2.05, 4.69) is 9.88 Å². The van der Waals surface area contributed by atoms with Crippen LogP contribution in [0.3, 0.4) is 0 Å². The normalized spacial score (nSPS) is 16.6. The van der Waals surface area contributed by atoms with Crippen molar-refractivity contribution in [3.63, 3.8) is 0 Å². The molecule has 0 bridgehead atoms. The molecule has 0 atom stereocenters. The monoisotopic (exact) mass is 321 g/mol. The molecule has 6 heteroatoms. The van der Waals surface area contributed by atoms with Gasteiger partial charge in [0.25, 0.3) is 0 Å². The summed E-state index contributed by atoms with van der Waals surface area (Å²) in [6.45, 7) is 6.85. The summed E-state index contributed by atoms with van der Waals surface area (Å²) in [6, 6.07) is 0. The molecule has 0 aliphatic carbocycles. The van der Waals surface area contributed by atoms with Crippen LogP contribution in [-0.4, -0.2) is 54.0 Å². The fourth-order valence-electron chi connectivity index (χ4n) is 2.14. The summed E-state index contributed by atoms with van der Waals surface area (Å²) >= 11 is 1.66. The minimum Gasteiger partial charge on any atom is -0.379 e. The average Bonchev–Trinajstić information content (AvgIpc) is 2.95. The molecule has 1 saturated heterocycles. The Hall–Kier alpha value is -1.50. The summed E-state index contributed by atoms with van der Waals surface area (Å²) in [5, 5.41) is 3.14. The van der Waals surface area contributed by atoms with Crippen molar-refractivity contribution in [1.29, 1.82) is 0 Å². The van der Waals surface area contributed by atoms with Gasteiger partial charge >= 0.3 is 0 Å². The summed E-state index contributed by atoms with van der Waals surface area (Å²) in [5.74, 6) is -0.0131. The zero-order chi connectivity index (χ0) is 15.8. The third kappa shape index (κ3) is 5.36. The minimum absolute atomic E-state index is 0.0131. The van der Waals surface area contributed by atoms with Crippen molar-refractivity contribution in [1.82, 2.24) is 14.8 Å². The lowest BCUT2D eigenvalue weighted by molar-refractivity contribution is -0.125. The zero-order valence-corrected chi connectivity index (χ0v) is 14.0. The van der Waals surface area contributed by atoms with Crippen LogP contribution < -0.4 is 0 Å². The predicted octanol–water partition coefficient (Wildman–Crippen LogP) is 2.07. The third-order valence-electron chi connectivity index (χ3n) is 3.38. The second-order valence-electron chi connectivity index (χ2n) is 5.20. The predicted molar refractivity (Wildman–Crippen MR) is 88.6 cm³/mol.